The van der Waals surface area contributed by atoms with Gasteiger partial charge in [-0.1, -0.05) is 121 Å². The molecule has 0 bridgehead atoms. The number of anilines is 6. The summed E-state index contributed by atoms with van der Waals surface area (Å²) < 4.78 is 29.5. The first kappa shape index (κ1) is 33.8. The highest BCUT2D eigenvalue weighted by Crippen LogP contribution is 2.53. The first-order valence-electron chi connectivity index (χ1n) is 18.5. The number of thiophene rings is 1. The fourth-order valence-corrected chi connectivity index (χ4v) is 11.3. The van der Waals surface area contributed by atoms with E-state index in [1.165, 1.54) is 0 Å². The van der Waals surface area contributed by atoms with Gasteiger partial charge < -0.3 is 9.80 Å². The third-order valence-electron chi connectivity index (χ3n) is 10.4. The van der Waals surface area contributed by atoms with Gasteiger partial charge in [0.1, 0.15) is 0 Å². The fourth-order valence-electron chi connectivity index (χ4n) is 7.73. The number of para-hydroxylation sites is 4. The van der Waals surface area contributed by atoms with E-state index in [4.69, 9.17) is 0 Å². The maximum Gasteiger partial charge on any atom is 0.209 e. The number of nitrogens with zero attached hydrogens (tertiary/aromatic N) is 2. The lowest BCUT2D eigenvalue weighted by Crippen LogP contribution is -2.09. The molecule has 9 aromatic rings. The summed E-state index contributed by atoms with van der Waals surface area (Å²) in [5, 5.41) is 0.772. The number of rotatable bonds is 8. The SMILES string of the molecule is O=S1(=O)c2cc(-c3ccc(N(c4ccccc4)c4ccccc4)cc3)ccc2-c2sc3cc(-c4ccc(N(c5ccccc5)c5ccccc5)cc4)ccc3c21. The number of benzene rings is 8. The summed E-state index contributed by atoms with van der Waals surface area (Å²) in [4.78, 5) is 6.06. The third-order valence-corrected chi connectivity index (χ3v) is 13.6. The van der Waals surface area contributed by atoms with Crippen molar-refractivity contribution in [2.24, 2.45) is 0 Å². The molecule has 0 atom stereocenters. The van der Waals surface area contributed by atoms with Crippen molar-refractivity contribution in [1.29, 1.82) is 0 Å². The second-order valence-electron chi connectivity index (χ2n) is 13.8. The van der Waals surface area contributed by atoms with Gasteiger partial charge in [0.2, 0.25) is 9.84 Å². The maximum atomic E-state index is 14.3. The van der Waals surface area contributed by atoms with Gasteiger partial charge in [0.05, 0.1) is 14.7 Å². The second-order valence-corrected chi connectivity index (χ2v) is 16.7. The molecule has 2 heterocycles. The summed E-state index contributed by atoms with van der Waals surface area (Å²) in [5.41, 5.74) is 11.1. The van der Waals surface area contributed by atoms with E-state index in [0.717, 1.165) is 76.9 Å². The van der Waals surface area contributed by atoms with Crippen LogP contribution >= 0.6 is 11.3 Å². The number of hydrogen-bond donors (Lipinski definition) is 0. The largest absolute Gasteiger partial charge is 0.311 e. The van der Waals surface area contributed by atoms with E-state index >= 15 is 0 Å². The van der Waals surface area contributed by atoms with Crippen LogP contribution in [-0.4, -0.2) is 8.42 Å². The molecule has 0 aliphatic carbocycles. The predicted octanol–water partition coefficient (Wildman–Crippen LogP) is 14.0. The topological polar surface area (TPSA) is 40.6 Å². The molecule has 0 N–H and O–H groups in total. The Morgan fingerprint density at radius 1 is 0.375 bits per heavy atom. The molecule has 268 valence electrons. The van der Waals surface area contributed by atoms with Crippen LogP contribution in [0.3, 0.4) is 0 Å². The maximum absolute atomic E-state index is 14.3. The minimum Gasteiger partial charge on any atom is -0.311 e. The van der Waals surface area contributed by atoms with Gasteiger partial charge in [-0.3, -0.25) is 0 Å². The molecule has 1 aliphatic heterocycles. The van der Waals surface area contributed by atoms with E-state index in [1.54, 1.807) is 11.3 Å². The van der Waals surface area contributed by atoms with Crippen LogP contribution in [0.25, 0.3) is 42.8 Å². The Morgan fingerprint density at radius 2 is 0.750 bits per heavy atom. The first-order valence-corrected chi connectivity index (χ1v) is 20.8. The molecule has 0 saturated heterocycles. The monoisotopic (exact) mass is 758 g/mol. The molecule has 0 unspecified atom stereocenters. The lowest BCUT2D eigenvalue weighted by Gasteiger charge is -2.25. The van der Waals surface area contributed by atoms with Crippen LogP contribution in [-0.2, 0) is 9.84 Å². The van der Waals surface area contributed by atoms with Crippen LogP contribution in [0.2, 0.25) is 0 Å². The zero-order valence-corrected chi connectivity index (χ0v) is 31.8. The van der Waals surface area contributed by atoms with Crippen molar-refractivity contribution in [2.45, 2.75) is 9.79 Å². The summed E-state index contributed by atoms with van der Waals surface area (Å²) in [6.45, 7) is 0. The normalized spacial score (nSPS) is 12.6. The summed E-state index contributed by atoms with van der Waals surface area (Å²) in [7, 11) is -3.72. The molecule has 4 nitrogen and oxygen atoms in total. The minimum atomic E-state index is -3.72. The Kier molecular flexibility index (Phi) is 8.36. The molecular weight excluding hydrogens is 725 g/mol. The third kappa shape index (κ3) is 5.87. The van der Waals surface area contributed by atoms with E-state index in [1.807, 2.05) is 78.9 Å². The number of hydrogen-bond acceptors (Lipinski definition) is 5. The molecule has 6 heteroatoms. The van der Waals surface area contributed by atoms with E-state index in [-0.39, 0.29) is 0 Å². The van der Waals surface area contributed by atoms with Crippen molar-refractivity contribution in [3.05, 3.63) is 206 Å². The van der Waals surface area contributed by atoms with E-state index < -0.39 is 9.84 Å². The van der Waals surface area contributed by atoms with Crippen LogP contribution in [0.4, 0.5) is 34.1 Å². The van der Waals surface area contributed by atoms with E-state index in [2.05, 4.69) is 137 Å². The minimum absolute atomic E-state index is 0.374. The van der Waals surface area contributed by atoms with Crippen molar-refractivity contribution in [2.75, 3.05) is 9.80 Å². The standard InChI is InChI=1S/C50H34N2O2S2/c53-56(54)48-34-38(36-23-29-44(30-24-36)52(41-17-9-3-10-18-41)42-19-11-4-12-20-42)26-32-46(48)49-50(56)45-31-25-37(33-47(45)55-49)35-21-27-43(28-22-35)51(39-13-5-1-6-14-39)40-15-7-2-8-16-40/h1-34H. The van der Waals surface area contributed by atoms with Crippen LogP contribution < -0.4 is 9.80 Å². The summed E-state index contributed by atoms with van der Waals surface area (Å²) >= 11 is 1.55. The summed E-state index contributed by atoms with van der Waals surface area (Å²) in [5.74, 6) is 0. The molecule has 0 fully saturated rings. The number of fused-ring (bicyclic) bond motifs is 5. The fraction of sp³-hybridized carbons (Fsp3) is 0. The molecule has 0 amide bonds. The van der Waals surface area contributed by atoms with Crippen LogP contribution in [0.1, 0.15) is 0 Å². The van der Waals surface area contributed by atoms with Gasteiger partial charge in [-0.05, 0) is 107 Å². The Hall–Kier alpha value is -6.73. The highest BCUT2D eigenvalue weighted by molar-refractivity contribution is 7.92. The summed E-state index contributed by atoms with van der Waals surface area (Å²) in [6, 6.07) is 70.2. The van der Waals surface area contributed by atoms with Gasteiger partial charge in [0.15, 0.2) is 0 Å². The average Bonchev–Trinajstić information content (AvgIpc) is 3.75. The first-order chi connectivity index (χ1) is 27.5. The van der Waals surface area contributed by atoms with Gasteiger partial charge in [-0.25, -0.2) is 8.42 Å². The highest BCUT2D eigenvalue weighted by atomic mass is 32.2. The molecule has 8 aromatic carbocycles. The van der Waals surface area contributed by atoms with Crippen molar-refractivity contribution in [1.82, 2.24) is 0 Å². The predicted molar refractivity (Wildman–Crippen MR) is 233 cm³/mol. The van der Waals surface area contributed by atoms with Crippen LogP contribution in [0.5, 0.6) is 0 Å². The second kappa shape index (κ2) is 13.8. The molecular formula is C50H34N2O2S2. The van der Waals surface area contributed by atoms with E-state index in [0.29, 0.717) is 9.79 Å². The lowest BCUT2D eigenvalue weighted by molar-refractivity contribution is 0.599. The Bertz CT molecular complexity index is 2870. The molecule has 1 aromatic heterocycles. The Morgan fingerprint density at radius 3 is 1.20 bits per heavy atom. The van der Waals surface area contributed by atoms with Gasteiger partial charge in [-0.15, -0.1) is 11.3 Å². The smallest absolute Gasteiger partial charge is 0.209 e. The van der Waals surface area contributed by atoms with Crippen molar-refractivity contribution < 1.29 is 8.42 Å². The Labute approximate surface area is 330 Å². The molecule has 0 spiro atoms. The van der Waals surface area contributed by atoms with Gasteiger partial charge in [-0.2, -0.15) is 0 Å². The van der Waals surface area contributed by atoms with Crippen molar-refractivity contribution >= 4 is 65.4 Å². The molecule has 0 saturated carbocycles. The highest BCUT2D eigenvalue weighted by Gasteiger charge is 2.37. The Balaban J connectivity index is 0.952. The molecule has 10 rings (SSSR count). The van der Waals surface area contributed by atoms with Crippen molar-refractivity contribution in [3.8, 4) is 32.7 Å². The van der Waals surface area contributed by atoms with E-state index in [9.17, 15) is 8.42 Å². The van der Waals surface area contributed by atoms with Gasteiger partial charge in [0, 0.05) is 49.8 Å². The quantitative estimate of drug-likeness (QED) is 0.155. The van der Waals surface area contributed by atoms with Gasteiger partial charge >= 0.3 is 0 Å². The van der Waals surface area contributed by atoms with Crippen molar-refractivity contribution in [3.63, 3.8) is 0 Å². The molecule has 0 radical (unpaired) electrons. The lowest BCUT2D eigenvalue weighted by atomic mass is 10.0. The number of sulfone groups is 1. The van der Waals surface area contributed by atoms with Gasteiger partial charge in [0.25, 0.3) is 0 Å². The molecule has 56 heavy (non-hydrogen) atoms. The van der Waals surface area contributed by atoms with Crippen LogP contribution in [0, 0.1) is 0 Å². The average molecular weight is 759 g/mol. The zero-order chi connectivity index (χ0) is 37.6. The molecule has 1 aliphatic rings. The van der Waals surface area contributed by atoms with Crippen LogP contribution in [0.15, 0.2) is 216 Å². The summed E-state index contributed by atoms with van der Waals surface area (Å²) in [6.07, 6.45) is 0. The zero-order valence-electron chi connectivity index (χ0n) is 30.2.